The maximum absolute atomic E-state index is 12.7. The van der Waals surface area contributed by atoms with Crippen molar-refractivity contribution in [2.75, 3.05) is 48.7 Å². The molecule has 0 aromatic heterocycles. The summed E-state index contributed by atoms with van der Waals surface area (Å²) in [5.41, 5.74) is 10.1. The van der Waals surface area contributed by atoms with Crippen LogP contribution in [0.3, 0.4) is 0 Å². The molecule has 0 radical (unpaired) electrons. The molecule has 1 aliphatic heterocycles. The molecule has 0 atom stereocenters. The van der Waals surface area contributed by atoms with Crippen LogP contribution in [0.5, 0.6) is 0 Å². The Morgan fingerprint density at radius 1 is 1.12 bits per heavy atom. The minimum atomic E-state index is -0.0999. The molecule has 0 aliphatic carbocycles. The number of nitrogens with one attached hydrogen (secondary N) is 1. The zero-order valence-corrected chi connectivity index (χ0v) is 15.0. The molecular formula is C20H26N4O. The zero-order chi connectivity index (χ0) is 17.8. The van der Waals surface area contributed by atoms with E-state index in [1.165, 1.54) is 0 Å². The molecular weight excluding hydrogens is 312 g/mol. The number of hydrogen-bond acceptors (Lipinski definition) is 4. The average Bonchev–Trinajstić information content (AvgIpc) is 2.62. The van der Waals surface area contributed by atoms with Crippen molar-refractivity contribution in [3.05, 3.63) is 53.6 Å². The molecule has 0 bridgehead atoms. The lowest BCUT2D eigenvalue weighted by molar-refractivity contribution is 0.102. The molecule has 2 aromatic carbocycles. The highest BCUT2D eigenvalue weighted by Crippen LogP contribution is 2.29. The summed E-state index contributed by atoms with van der Waals surface area (Å²) in [7, 11) is 0. The molecule has 25 heavy (non-hydrogen) atoms. The molecule has 1 heterocycles. The molecule has 1 aliphatic rings. The van der Waals surface area contributed by atoms with Gasteiger partial charge in [0.05, 0.1) is 11.4 Å². The van der Waals surface area contributed by atoms with Crippen molar-refractivity contribution in [1.29, 1.82) is 0 Å². The van der Waals surface area contributed by atoms with Gasteiger partial charge in [-0.15, -0.1) is 0 Å². The lowest BCUT2D eigenvalue weighted by atomic mass is 10.1. The van der Waals surface area contributed by atoms with Crippen LogP contribution in [0.15, 0.2) is 42.5 Å². The highest BCUT2D eigenvalue weighted by atomic mass is 16.1. The molecule has 1 fully saturated rings. The van der Waals surface area contributed by atoms with Crippen LogP contribution in [0.1, 0.15) is 22.8 Å². The van der Waals surface area contributed by atoms with Gasteiger partial charge in [-0.05, 0) is 43.3 Å². The number of aryl methyl sites for hydroxylation is 1. The molecule has 3 rings (SSSR count). The topological polar surface area (TPSA) is 61.6 Å². The van der Waals surface area contributed by atoms with Crippen LogP contribution in [0, 0.1) is 6.92 Å². The predicted molar refractivity (Wildman–Crippen MR) is 104 cm³/mol. The second kappa shape index (κ2) is 7.57. The Hall–Kier alpha value is -2.53. The number of anilines is 3. The third kappa shape index (κ3) is 3.94. The van der Waals surface area contributed by atoms with Gasteiger partial charge < -0.3 is 20.9 Å². The zero-order valence-electron chi connectivity index (χ0n) is 15.0. The first kappa shape index (κ1) is 17.3. The normalized spacial score (nSPS) is 15.2. The van der Waals surface area contributed by atoms with E-state index in [1.54, 1.807) is 0 Å². The Morgan fingerprint density at radius 2 is 1.84 bits per heavy atom. The molecule has 1 saturated heterocycles. The first-order chi connectivity index (χ1) is 12.1. The standard InChI is InChI=1S/C20H26N4O/c1-3-23-10-12-24(13-11-23)19-9-8-16(21)14-18(19)22-20(25)17-7-5-4-6-15(17)2/h4-9,14H,3,10-13,21H2,1-2H3,(H,22,25). The van der Waals surface area contributed by atoms with Crippen LogP contribution >= 0.6 is 0 Å². The smallest absolute Gasteiger partial charge is 0.255 e. The van der Waals surface area contributed by atoms with Crippen LogP contribution in [0.2, 0.25) is 0 Å². The number of carbonyl (C=O) groups is 1. The SMILES string of the molecule is CCN1CCN(c2ccc(N)cc2NC(=O)c2ccccc2C)CC1. The number of piperazine rings is 1. The van der Waals surface area contributed by atoms with Gasteiger partial charge in [-0.2, -0.15) is 0 Å². The van der Waals surface area contributed by atoms with Crippen LogP contribution in [0.25, 0.3) is 0 Å². The monoisotopic (exact) mass is 338 g/mol. The Labute approximate surface area is 149 Å². The Morgan fingerprint density at radius 3 is 2.52 bits per heavy atom. The number of likely N-dealkylation sites (N-methyl/N-ethyl adjacent to an activating group) is 1. The summed E-state index contributed by atoms with van der Waals surface area (Å²) in [5.74, 6) is -0.0999. The van der Waals surface area contributed by atoms with Gasteiger partial charge in [0, 0.05) is 37.4 Å². The van der Waals surface area contributed by atoms with E-state index in [0.29, 0.717) is 11.3 Å². The van der Waals surface area contributed by atoms with Crippen LogP contribution in [-0.2, 0) is 0 Å². The lowest BCUT2D eigenvalue weighted by Gasteiger charge is -2.36. The lowest BCUT2D eigenvalue weighted by Crippen LogP contribution is -2.46. The summed E-state index contributed by atoms with van der Waals surface area (Å²) in [5, 5.41) is 3.06. The Bertz CT molecular complexity index is 751. The van der Waals surface area contributed by atoms with E-state index in [0.717, 1.165) is 49.7 Å². The van der Waals surface area contributed by atoms with Gasteiger partial charge in [0.25, 0.3) is 5.91 Å². The summed E-state index contributed by atoms with van der Waals surface area (Å²) in [6.45, 7) is 9.17. The number of rotatable bonds is 4. The van der Waals surface area contributed by atoms with E-state index in [-0.39, 0.29) is 5.91 Å². The highest BCUT2D eigenvalue weighted by Gasteiger charge is 2.20. The molecule has 5 nitrogen and oxygen atoms in total. The quantitative estimate of drug-likeness (QED) is 0.842. The van der Waals surface area contributed by atoms with E-state index in [9.17, 15) is 4.79 Å². The van der Waals surface area contributed by atoms with Crippen LogP contribution in [-0.4, -0.2) is 43.5 Å². The minimum Gasteiger partial charge on any atom is -0.399 e. The molecule has 2 aromatic rings. The second-order valence-corrected chi connectivity index (χ2v) is 6.47. The molecule has 1 amide bonds. The molecule has 5 heteroatoms. The van der Waals surface area contributed by atoms with E-state index in [2.05, 4.69) is 22.0 Å². The summed E-state index contributed by atoms with van der Waals surface area (Å²) >= 11 is 0. The van der Waals surface area contributed by atoms with Crippen molar-refractivity contribution in [1.82, 2.24) is 4.90 Å². The number of nitrogen functional groups attached to an aromatic ring is 1. The van der Waals surface area contributed by atoms with Crippen molar-refractivity contribution in [2.45, 2.75) is 13.8 Å². The van der Waals surface area contributed by atoms with Crippen molar-refractivity contribution < 1.29 is 4.79 Å². The first-order valence-corrected chi connectivity index (χ1v) is 8.82. The van der Waals surface area contributed by atoms with Crippen LogP contribution in [0.4, 0.5) is 17.1 Å². The van der Waals surface area contributed by atoms with Crippen molar-refractivity contribution >= 4 is 23.0 Å². The van der Waals surface area contributed by atoms with Gasteiger partial charge in [0.2, 0.25) is 0 Å². The third-order valence-electron chi connectivity index (χ3n) is 4.82. The van der Waals surface area contributed by atoms with Crippen molar-refractivity contribution in [2.24, 2.45) is 0 Å². The van der Waals surface area contributed by atoms with Gasteiger partial charge in [-0.1, -0.05) is 25.1 Å². The number of amides is 1. The van der Waals surface area contributed by atoms with Crippen molar-refractivity contribution in [3.63, 3.8) is 0 Å². The van der Waals surface area contributed by atoms with Gasteiger partial charge in [-0.3, -0.25) is 4.79 Å². The maximum Gasteiger partial charge on any atom is 0.255 e. The van der Waals surface area contributed by atoms with E-state index in [1.807, 2.05) is 49.4 Å². The van der Waals surface area contributed by atoms with Gasteiger partial charge >= 0.3 is 0 Å². The summed E-state index contributed by atoms with van der Waals surface area (Å²) in [6.07, 6.45) is 0. The molecule has 0 spiro atoms. The average molecular weight is 338 g/mol. The summed E-state index contributed by atoms with van der Waals surface area (Å²) in [6, 6.07) is 13.3. The predicted octanol–water partition coefficient (Wildman–Crippen LogP) is 2.97. The number of benzene rings is 2. The number of carbonyl (C=O) groups excluding carboxylic acids is 1. The molecule has 0 unspecified atom stereocenters. The summed E-state index contributed by atoms with van der Waals surface area (Å²) in [4.78, 5) is 17.4. The molecule has 132 valence electrons. The first-order valence-electron chi connectivity index (χ1n) is 8.82. The highest BCUT2D eigenvalue weighted by molar-refractivity contribution is 6.07. The Kier molecular flexibility index (Phi) is 5.24. The van der Waals surface area contributed by atoms with Gasteiger partial charge in [-0.25, -0.2) is 0 Å². The van der Waals surface area contributed by atoms with Crippen molar-refractivity contribution in [3.8, 4) is 0 Å². The van der Waals surface area contributed by atoms with Gasteiger partial charge in [0.1, 0.15) is 0 Å². The van der Waals surface area contributed by atoms with Crippen LogP contribution < -0.4 is 16.0 Å². The second-order valence-electron chi connectivity index (χ2n) is 6.47. The fraction of sp³-hybridized carbons (Fsp3) is 0.350. The van der Waals surface area contributed by atoms with E-state index >= 15 is 0 Å². The maximum atomic E-state index is 12.7. The number of nitrogens with zero attached hydrogens (tertiary/aromatic N) is 2. The number of hydrogen-bond donors (Lipinski definition) is 2. The van der Waals surface area contributed by atoms with E-state index < -0.39 is 0 Å². The summed E-state index contributed by atoms with van der Waals surface area (Å²) < 4.78 is 0. The van der Waals surface area contributed by atoms with E-state index in [4.69, 9.17) is 5.73 Å². The minimum absolute atomic E-state index is 0.0999. The molecule has 3 N–H and O–H groups in total. The number of nitrogens with two attached hydrogens (primary N) is 1. The fourth-order valence-corrected chi connectivity index (χ4v) is 3.25. The largest absolute Gasteiger partial charge is 0.399 e. The fourth-order valence-electron chi connectivity index (χ4n) is 3.25. The molecule has 0 saturated carbocycles. The Balaban J connectivity index is 1.83. The third-order valence-corrected chi connectivity index (χ3v) is 4.82. The van der Waals surface area contributed by atoms with Gasteiger partial charge in [0.15, 0.2) is 0 Å².